The molecule has 0 spiro atoms. The predicted molar refractivity (Wildman–Crippen MR) is 75.6 cm³/mol. The van der Waals surface area contributed by atoms with Crippen molar-refractivity contribution in [2.45, 2.75) is 0 Å². The van der Waals surface area contributed by atoms with Crippen LogP contribution in [-0.2, 0) is 9.53 Å². The maximum absolute atomic E-state index is 11.2. The van der Waals surface area contributed by atoms with Gasteiger partial charge in [0.1, 0.15) is 6.54 Å². The number of esters is 1. The number of nitrogens with zero attached hydrogens (tertiary/aromatic N) is 3. The number of carbonyl (C=O) groups excluding carboxylic acids is 1. The van der Waals surface area contributed by atoms with Crippen LogP contribution in [0.5, 0.6) is 0 Å². The molecule has 5 nitrogen and oxygen atoms in total. The highest BCUT2D eigenvalue weighted by Crippen LogP contribution is 2.24. The molecular weight excluding hydrogens is 286 g/mol. The second-order valence-corrected chi connectivity index (χ2v) is 5.01. The molecule has 0 aliphatic rings. The van der Waals surface area contributed by atoms with Gasteiger partial charge in [-0.3, -0.25) is 4.79 Å². The molecule has 0 radical (unpaired) electrons. The largest absolute Gasteiger partial charge is 0.468 e. The number of aromatic nitrogens is 2. The smallest absolute Gasteiger partial charge is 0.325 e. The molecule has 2 rings (SSSR count). The van der Waals surface area contributed by atoms with Gasteiger partial charge >= 0.3 is 5.97 Å². The van der Waals surface area contributed by atoms with Crippen molar-refractivity contribution in [3.05, 3.63) is 29.3 Å². The lowest BCUT2D eigenvalue weighted by molar-refractivity contribution is -0.138. The summed E-state index contributed by atoms with van der Waals surface area (Å²) < 4.78 is 8.87. The molecule has 0 atom stereocenters. The highest BCUT2D eigenvalue weighted by atomic mass is 35.5. The highest BCUT2D eigenvalue weighted by molar-refractivity contribution is 7.09. The number of hydrogen-bond donors (Lipinski definition) is 0. The second-order valence-electron chi connectivity index (χ2n) is 3.84. The standard InChI is InChI=1S/C12H12ClN3O2S/c1-16(7-10(17)18-2)12-14-11(15-19-12)8-3-5-9(13)6-4-8/h3-6H,7H2,1-2H3. The molecule has 7 heteroatoms. The van der Waals surface area contributed by atoms with Crippen LogP contribution < -0.4 is 4.90 Å². The minimum absolute atomic E-state index is 0.145. The van der Waals surface area contributed by atoms with Crippen LogP contribution in [0.15, 0.2) is 24.3 Å². The quantitative estimate of drug-likeness (QED) is 0.812. The molecular formula is C12H12ClN3O2S. The van der Waals surface area contributed by atoms with E-state index in [1.165, 1.54) is 18.6 Å². The number of ether oxygens (including phenoxy) is 1. The Bertz CT molecular complexity index is 571. The summed E-state index contributed by atoms with van der Waals surface area (Å²) in [5.41, 5.74) is 0.887. The maximum atomic E-state index is 11.2. The maximum Gasteiger partial charge on any atom is 0.325 e. The van der Waals surface area contributed by atoms with Crippen LogP contribution >= 0.6 is 23.1 Å². The Kier molecular flexibility index (Phi) is 4.34. The van der Waals surface area contributed by atoms with Gasteiger partial charge in [-0.25, -0.2) is 0 Å². The van der Waals surface area contributed by atoms with Crippen molar-refractivity contribution in [3.63, 3.8) is 0 Å². The number of methoxy groups -OCH3 is 1. The molecule has 0 aliphatic heterocycles. The minimum Gasteiger partial charge on any atom is -0.468 e. The molecule has 0 N–H and O–H groups in total. The van der Waals surface area contributed by atoms with Crippen LogP contribution in [0.2, 0.25) is 5.02 Å². The first-order chi connectivity index (χ1) is 9.10. The number of rotatable bonds is 4. The Hall–Kier alpha value is -1.66. The number of likely N-dealkylation sites (N-methyl/N-ethyl adjacent to an activating group) is 1. The Morgan fingerprint density at radius 3 is 2.74 bits per heavy atom. The third-order valence-electron chi connectivity index (χ3n) is 2.44. The van der Waals surface area contributed by atoms with Crippen molar-refractivity contribution >= 4 is 34.2 Å². The summed E-state index contributed by atoms with van der Waals surface area (Å²) in [6.07, 6.45) is 0. The predicted octanol–water partition coefficient (Wildman–Crippen LogP) is 2.47. The SMILES string of the molecule is COC(=O)CN(C)c1nc(-c2ccc(Cl)cc2)ns1. The molecule has 0 aliphatic carbocycles. The van der Waals surface area contributed by atoms with Crippen molar-refractivity contribution in [1.82, 2.24) is 9.36 Å². The van der Waals surface area contributed by atoms with Crippen molar-refractivity contribution in [2.24, 2.45) is 0 Å². The fraction of sp³-hybridized carbons (Fsp3) is 0.250. The van der Waals surface area contributed by atoms with Crippen LogP contribution in [0.1, 0.15) is 0 Å². The summed E-state index contributed by atoms with van der Waals surface area (Å²) >= 11 is 7.06. The molecule has 0 unspecified atom stereocenters. The number of hydrogen-bond acceptors (Lipinski definition) is 6. The average molecular weight is 298 g/mol. The van der Waals surface area contributed by atoms with Crippen LogP contribution in [0.4, 0.5) is 5.13 Å². The van der Waals surface area contributed by atoms with E-state index in [4.69, 9.17) is 11.6 Å². The minimum atomic E-state index is -0.314. The second kappa shape index (κ2) is 5.99. The number of carbonyl (C=O) groups is 1. The normalized spacial score (nSPS) is 10.3. The Labute approximate surface area is 120 Å². The highest BCUT2D eigenvalue weighted by Gasteiger charge is 2.13. The lowest BCUT2D eigenvalue weighted by Crippen LogP contribution is -2.26. The van der Waals surface area contributed by atoms with Gasteiger partial charge in [0.15, 0.2) is 5.82 Å². The van der Waals surface area contributed by atoms with E-state index in [1.807, 2.05) is 12.1 Å². The molecule has 1 aromatic heterocycles. The monoisotopic (exact) mass is 297 g/mol. The summed E-state index contributed by atoms with van der Waals surface area (Å²) in [4.78, 5) is 17.3. The third kappa shape index (κ3) is 3.42. The zero-order valence-electron chi connectivity index (χ0n) is 10.5. The molecule has 1 heterocycles. The zero-order chi connectivity index (χ0) is 13.8. The third-order valence-corrected chi connectivity index (χ3v) is 3.52. The van der Waals surface area contributed by atoms with E-state index in [9.17, 15) is 4.79 Å². The summed E-state index contributed by atoms with van der Waals surface area (Å²) in [6, 6.07) is 7.29. The number of benzene rings is 1. The van der Waals surface area contributed by atoms with Gasteiger partial charge in [0.05, 0.1) is 7.11 Å². The molecule has 0 amide bonds. The lowest BCUT2D eigenvalue weighted by atomic mass is 10.2. The summed E-state index contributed by atoms with van der Waals surface area (Å²) in [5.74, 6) is 0.305. The Morgan fingerprint density at radius 1 is 1.42 bits per heavy atom. The number of anilines is 1. The molecule has 0 bridgehead atoms. The van der Waals surface area contributed by atoms with Gasteiger partial charge in [-0.15, -0.1) is 0 Å². The van der Waals surface area contributed by atoms with E-state index >= 15 is 0 Å². The Morgan fingerprint density at radius 2 is 2.11 bits per heavy atom. The van der Waals surface area contributed by atoms with Crippen LogP contribution in [-0.4, -0.2) is 36.0 Å². The van der Waals surface area contributed by atoms with Crippen molar-refractivity contribution in [1.29, 1.82) is 0 Å². The molecule has 0 saturated carbocycles. The van der Waals surface area contributed by atoms with Gasteiger partial charge in [0.2, 0.25) is 5.13 Å². The average Bonchev–Trinajstić information content (AvgIpc) is 2.89. The van der Waals surface area contributed by atoms with Crippen LogP contribution in [0.25, 0.3) is 11.4 Å². The summed E-state index contributed by atoms with van der Waals surface area (Å²) in [7, 11) is 3.12. The van der Waals surface area contributed by atoms with Gasteiger partial charge < -0.3 is 9.64 Å². The van der Waals surface area contributed by atoms with E-state index in [1.54, 1.807) is 24.1 Å². The van der Waals surface area contributed by atoms with E-state index in [2.05, 4.69) is 14.1 Å². The summed E-state index contributed by atoms with van der Waals surface area (Å²) in [6.45, 7) is 0.145. The first kappa shape index (κ1) is 13.8. The first-order valence-electron chi connectivity index (χ1n) is 5.47. The van der Waals surface area contributed by atoms with Gasteiger partial charge in [-0.2, -0.15) is 9.36 Å². The molecule has 1 aromatic carbocycles. The van der Waals surface area contributed by atoms with E-state index in [0.717, 1.165) is 5.56 Å². The number of halogens is 1. The molecule has 0 saturated heterocycles. The van der Waals surface area contributed by atoms with Gasteiger partial charge in [0, 0.05) is 29.2 Å². The fourth-order valence-corrected chi connectivity index (χ4v) is 2.18. The lowest BCUT2D eigenvalue weighted by Gasteiger charge is -2.12. The zero-order valence-corrected chi connectivity index (χ0v) is 12.0. The van der Waals surface area contributed by atoms with Gasteiger partial charge in [0.25, 0.3) is 0 Å². The molecule has 100 valence electrons. The Balaban J connectivity index is 2.14. The van der Waals surface area contributed by atoms with E-state index < -0.39 is 0 Å². The molecule has 0 fully saturated rings. The van der Waals surface area contributed by atoms with Gasteiger partial charge in [-0.05, 0) is 24.3 Å². The molecule has 2 aromatic rings. The van der Waals surface area contributed by atoms with Crippen molar-refractivity contribution in [3.8, 4) is 11.4 Å². The fourth-order valence-electron chi connectivity index (χ4n) is 1.41. The van der Waals surface area contributed by atoms with Crippen LogP contribution in [0.3, 0.4) is 0 Å². The topological polar surface area (TPSA) is 55.3 Å². The van der Waals surface area contributed by atoms with E-state index in [0.29, 0.717) is 16.0 Å². The van der Waals surface area contributed by atoms with E-state index in [-0.39, 0.29) is 12.5 Å². The van der Waals surface area contributed by atoms with Crippen LogP contribution in [0, 0.1) is 0 Å². The summed E-state index contributed by atoms with van der Waals surface area (Å²) in [5, 5.41) is 1.33. The molecule has 19 heavy (non-hydrogen) atoms. The van der Waals surface area contributed by atoms with Gasteiger partial charge in [-0.1, -0.05) is 11.6 Å². The van der Waals surface area contributed by atoms with Crippen molar-refractivity contribution in [2.75, 3.05) is 25.6 Å². The first-order valence-corrected chi connectivity index (χ1v) is 6.63. The van der Waals surface area contributed by atoms with Crippen molar-refractivity contribution < 1.29 is 9.53 Å².